The second kappa shape index (κ2) is 5.85. The standard InChI is InChI=1S/C13H17N3O4/c1-3-20-13(17)8-15(10-4-5-10)12-7-6-11(16(18)19)9(2)14-12/h6-7,10H,3-5,8H2,1-2H3. The Bertz CT molecular complexity index is 528. The summed E-state index contributed by atoms with van der Waals surface area (Å²) in [5, 5.41) is 10.8. The van der Waals surface area contributed by atoms with Gasteiger partial charge in [-0.1, -0.05) is 0 Å². The molecule has 0 atom stereocenters. The van der Waals surface area contributed by atoms with E-state index in [9.17, 15) is 14.9 Å². The maximum Gasteiger partial charge on any atom is 0.325 e. The summed E-state index contributed by atoms with van der Waals surface area (Å²) in [4.78, 5) is 28.1. The number of aromatic nitrogens is 1. The molecule has 1 aliphatic rings. The minimum Gasteiger partial charge on any atom is -0.465 e. The SMILES string of the molecule is CCOC(=O)CN(c1ccc([N+](=O)[O-])c(C)n1)C1CC1. The Morgan fingerprint density at radius 2 is 2.25 bits per heavy atom. The Labute approximate surface area is 116 Å². The number of pyridine rings is 1. The largest absolute Gasteiger partial charge is 0.465 e. The zero-order valence-electron chi connectivity index (χ0n) is 11.5. The Morgan fingerprint density at radius 1 is 1.55 bits per heavy atom. The molecule has 0 saturated heterocycles. The number of anilines is 1. The Kier molecular flexibility index (Phi) is 4.16. The molecular formula is C13H17N3O4. The first-order chi connectivity index (χ1) is 9.52. The van der Waals surface area contributed by atoms with Gasteiger partial charge < -0.3 is 9.64 Å². The maximum absolute atomic E-state index is 11.6. The van der Waals surface area contributed by atoms with E-state index in [0.29, 0.717) is 18.1 Å². The number of aryl methyl sites for hydroxylation is 1. The van der Waals surface area contributed by atoms with Crippen molar-refractivity contribution in [1.29, 1.82) is 0 Å². The molecule has 1 aliphatic carbocycles. The van der Waals surface area contributed by atoms with Crippen LogP contribution in [0.5, 0.6) is 0 Å². The Hall–Kier alpha value is -2.18. The highest BCUT2D eigenvalue weighted by Gasteiger charge is 2.32. The fraction of sp³-hybridized carbons (Fsp3) is 0.538. The molecule has 108 valence electrons. The molecule has 1 aromatic rings. The number of hydrogen-bond acceptors (Lipinski definition) is 6. The average Bonchev–Trinajstić information content (AvgIpc) is 3.20. The molecule has 1 aromatic heterocycles. The van der Waals surface area contributed by atoms with Crippen LogP contribution in [-0.2, 0) is 9.53 Å². The lowest BCUT2D eigenvalue weighted by molar-refractivity contribution is -0.385. The number of carbonyl (C=O) groups is 1. The first-order valence-electron chi connectivity index (χ1n) is 6.57. The molecule has 2 rings (SSSR count). The summed E-state index contributed by atoms with van der Waals surface area (Å²) in [6.45, 7) is 3.82. The number of nitrogens with zero attached hydrogens (tertiary/aromatic N) is 3. The summed E-state index contributed by atoms with van der Waals surface area (Å²) in [6.07, 6.45) is 1.99. The molecule has 0 N–H and O–H groups in total. The van der Waals surface area contributed by atoms with Gasteiger partial charge in [0.2, 0.25) is 0 Å². The molecule has 0 radical (unpaired) electrons. The van der Waals surface area contributed by atoms with Gasteiger partial charge >= 0.3 is 5.97 Å². The lowest BCUT2D eigenvalue weighted by Gasteiger charge is -2.22. The summed E-state index contributed by atoms with van der Waals surface area (Å²) in [6, 6.07) is 3.29. The molecular weight excluding hydrogens is 262 g/mol. The van der Waals surface area contributed by atoms with E-state index in [1.807, 2.05) is 4.90 Å². The molecule has 1 fully saturated rings. The second-order valence-corrected chi connectivity index (χ2v) is 4.70. The van der Waals surface area contributed by atoms with Crippen LogP contribution in [0.1, 0.15) is 25.5 Å². The lowest BCUT2D eigenvalue weighted by Crippen LogP contribution is -2.33. The smallest absolute Gasteiger partial charge is 0.325 e. The van der Waals surface area contributed by atoms with E-state index in [2.05, 4.69) is 4.98 Å². The van der Waals surface area contributed by atoms with Crippen molar-refractivity contribution in [3.8, 4) is 0 Å². The van der Waals surface area contributed by atoms with Crippen LogP contribution in [0, 0.1) is 17.0 Å². The van der Waals surface area contributed by atoms with Crippen LogP contribution in [-0.4, -0.2) is 35.1 Å². The van der Waals surface area contributed by atoms with E-state index in [1.54, 1.807) is 19.9 Å². The Balaban J connectivity index is 2.19. The highest BCUT2D eigenvalue weighted by Crippen LogP contribution is 2.31. The molecule has 1 saturated carbocycles. The summed E-state index contributed by atoms with van der Waals surface area (Å²) >= 11 is 0. The third-order valence-corrected chi connectivity index (χ3v) is 3.13. The normalized spacial score (nSPS) is 13.9. The van der Waals surface area contributed by atoms with Gasteiger partial charge in [-0.2, -0.15) is 0 Å². The van der Waals surface area contributed by atoms with E-state index < -0.39 is 4.92 Å². The third kappa shape index (κ3) is 3.23. The van der Waals surface area contributed by atoms with Gasteiger partial charge in [0, 0.05) is 12.1 Å². The van der Waals surface area contributed by atoms with Crippen LogP contribution in [0.4, 0.5) is 11.5 Å². The maximum atomic E-state index is 11.6. The van der Waals surface area contributed by atoms with Gasteiger partial charge in [-0.05, 0) is 32.8 Å². The highest BCUT2D eigenvalue weighted by atomic mass is 16.6. The van der Waals surface area contributed by atoms with Crippen molar-refractivity contribution < 1.29 is 14.5 Å². The number of ether oxygens (including phenoxy) is 1. The molecule has 20 heavy (non-hydrogen) atoms. The van der Waals surface area contributed by atoms with Gasteiger partial charge in [0.15, 0.2) is 0 Å². The molecule has 7 nitrogen and oxygen atoms in total. The van der Waals surface area contributed by atoms with Gasteiger partial charge in [-0.3, -0.25) is 14.9 Å². The number of esters is 1. The van der Waals surface area contributed by atoms with Crippen molar-refractivity contribution in [3.05, 3.63) is 27.9 Å². The summed E-state index contributed by atoms with van der Waals surface area (Å²) < 4.78 is 4.95. The van der Waals surface area contributed by atoms with Crippen LogP contribution >= 0.6 is 0 Å². The van der Waals surface area contributed by atoms with Crippen molar-refractivity contribution in [3.63, 3.8) is 0 Å². The van der Waals surface area contributed by atoms with Crippen LogP contribution in [0.25, 0.3) is 0 Å². The summed E-state index contributed by atoms with van der Waals surface area (Å²) in [5.41, 5.74) is 0.336. The first kappa shape index (κ1) is 14.2. The second-order valence-electron chi connectivity index (χ2n) is 4.70. The molecule has 7 heteroatoms. The minimum atomic E-state index is -0.459. The number of nitro groups is 1. The molecule has 0 aromatic carbocycles. The zero-order valence-corrected chi connectivity index (χ0v) is 11.5. The zero-order chi connectivity index (χ0) is 14.7. The monoisotopic (exact) mass is 279 g/mol. The van der Waals surface area contributed by atoms with Crippen LogP contribution in [0.3, 0.4) is 0 Å². The molecule has 0 bridgehead atoms. The van der Waals surface area contributed by atoms with Crippen LogP contribution in [0.15, 0.2) is 12.1 Å². The first-order valence-corrected chi connectivity index (χ1v) is 6.57. The highest BCUT2D eigenvalue weighted by molar-refractivity contribution is 5.75. The van der Waals surface area contributed by atoms with Crippen LogP contribution < -0.4 is 4.90 Å². The average molecular weight is 279 g/mol. The molecule has 1 heterocycles. The van der Waals surface area contributed by atoms with E-state index in [0.717, 1.165) is 12.8 Å². The van der Waals surface area contributed by atoms with Crippen molar-refractivity contribution in [2.24, 2.45) is 0 Å². The van der Waals surface area contributed by atoms with Gasteiger partial charge in [0.1, 0.15) is 18.1 Å². The summed E-state index contributed by atoms with van der Waals surface area (Å²) in [5.74, 6) is 0.279. The minimum absolute atomic E-state index is 0.0133. The van der Waals surface area contributed by atoms with Gasteiger partial charge in [-0.15, -0.1) is 0 Å². The fourth-order valence-electron chi connectivity index (χ4n) is 2.02. The molecule has 0 amide bonds. The molecule has 0 spiro atoms. The van der Waals surface area contributed by atoms with Crippen LogP contribution in [0.2, 0.25) is 0 Å². The van der Waals surface area contributed by atoms with Crippen molar-refractivity contribution >= 4 is 17.5 Å². The fourth-order valence-corrected chi connectivity index (χ4v) is 2.02. The van der Waals surface area contributed by atoms with E-state index >= 15 is 0 Å². The van der Waals surface area contributed by atoms with Gasteiger partial charge in [0.25, 0.3) is 5.69 Å². The predicted molar refractivity (Wildman–Crippen MR) is 72.6 cm³/mol. The summed E-state index contributed by atoms with van der Waals surface area (Å²) in [7, 11) is 0. The van der Waals surface area contributed by atoms with Crippen molar-refractivity contribution in [2.75, 3.05) is 18.1 Å². The quantitative estimate of drug-likeness (QED) is 0.448. The number of hydrogen-bond donors (Lipinski definition) is 0. The lowest BCUT2D eigenvalue weighted by atomic mass is 10.3. The third-order valence-electron chi connectivity index (χ3n) is 3.13. The number of rotatable bonds is 6. The van der Waals surface area contributed by atoms with Gasteiger partial charge in [-0.25, -0.2) is 4.98 Å². The van der Waals surface area contributed by atoms with Crippen molar-refractivity contribution in [1.82, 2.24) is 4.98 Å². The Morgan fingerprint density at radius 3 is 2.75 bits per heavy atom. The van der Waals surface area contributed by atoms with Gasteiger partial charge in [0.05, 0.1) is 11.5 Å². The van der Waals surface area contributed by atoms with E-state index in [-0.39, 0.29) is 24.2 Å². The van der Waals surface area contributed by atoms with E-state index in [1.165, 1.54) is 6.07 Å². The predicted octanol–water partition coefficient (Wildman–Crippen LogP) is 1.83. The number of carbonyl (C=O) groups excluding carboxylic acids is 1. The van der Waals surface area contributed by atoms with Crippen molar-refractivity contribution in [2.45, 2.75) is 32.7 Å². The van der Waals surface area contributed by atoms with E-state index in [4.69, 9.17) is 4.74 Å². The molecule has 0 unspecified atom stereocenters. The topological polar surface area (TPSA) is 85.6 Å². The molecule has 0 aliphatic heterocycles.